The lowest BCUT2D eigenvalue weighted by atomic mass is 10.1. The number of hydrogen-bond acceptors (Lipinski definition) is 4. The van der Waals surface area contributed by atoms with Crippen molar-refractivity contribution in [3.8, 4) is 28.9 Å². The second-order valence-corrected chi connectivity index (χ2v) is 7.59. The molecule has 1 aliphatic rings. The van der Waals surface area contributed by atoms with Crippen molar-refractivity contribution in [2.45, 2.75) is 19.0 Å². The minimum atomic E-state index is -5.06. The molecule has 6 nitrogen and oxygen atoms in total. The van der Waals surface area contributed by atoms with E-state index >= 15 is 0 Å². The summed E-state index contributed by atoms with van der Waals surface area (Å²) in [4.78, 5) is 18.3. The lowest BCUT2D eigenvalue weighted by molar-refractivity contribution is -0.142. The van der Waals surface area contributed by atoms with Gasteiger partial charge in [-0.1, -0.05) is 0 Å². The van der Waals surface area contributed by atoms with Gasteiger partial charge in [-0.15, -0.1) is 0 Å². The number of amides is 1. The fourth-order valence-corrected chi connectivity index (χ4v) is 3.89. The summed E-state index contributed by atoms with van der Waals surface area (Å²) in [5.74, 6) is -3.46. The molecule has 0 N–H and O–H groups in total. The Labute approximate surface area is 190 Å². The molecule has 0 atom stereocenters. The summed E-state index contributed by atoms with van der Waals surface area (Å²) in [6.45, 7) is 0.558. The standard InChI is InChI=1S/C23H17F5N4O2/c1-34-18-7-6-15(11-17(18)25)32-20(23(26,27)28)19(22(33)31-8-2-3-9-31)30-21(32)13-4-5-14(12-29)16(24)10-13/h4-7,10-11H,2-3,8-9H2,1H3. The van der Waals surface area contributed by atoms with E-state index in [0.717, 1.165) is 24.3 Å². The molecular weight excluding hydrogens is 459 g/mol. The Bertz CT molecular complexity index is 1300. The molecule has 4 rings (SSSR count). The van der Waals surface area contributed by atoms with E-state index < -0.39 is 40.9 Å². The van der Waals surface area contributed by atoms with Gasteiger partial charge in [-0.25, -0.2) is 13.8 Å². The molecule has 0 aliphatic carbocycles. The van der Waals surface area contributed by atoms with E-state index in [9.17, 15) is 26.7 Å². The Kier molecular flexibility index (Phi) is 6.00. The number of halogens is 5. The first kappa shape index (κ1) is 23.2. The second kappa shape index (κ2) is 8.78. The van der Waals surface area contributed by atoms with Crippen LogP contribution in [0.15, 0.2) is 36.4 Å². The molecule has 2 heterocycles. The number of carbonyl (C=O) groups excluding carboxylic acids is 1. The van der Waals surface area contributed by atoms with Gasteiger partial charge in [-0.05, 0) is 43.2 Å². The number of nitriles is 1. The molecule has 0 unspecified atom stereocenters. The first-order valence-electron chi connectivity index (χ1n) is 10.2. The van der Waals surface area contributed by atoms with Crippen molar-refractivity contribution in [2.24, 2.45) is 0 Å². The van der Waals surface area contributed by atoms with Crippen molar-refractivity contribution in [1.82, 2.24) is 14.5 Å². The Morgan fingerprint density at radius 3 is 2.35 bits per heavy atom. The zero-order valence-corrected chi connectivity index (χ0v) is 17.8. The summed E-state index contributed by atoms with van der Waals surface area (Å²) in [5.41, 5.74) is -3.02. The van der Waals surface area contributed by atoms with Gasteiger partial charge >= 0.3 is 6.18 Å². The molecule has 1 saturated heterocycles. The van der Waals surface area contributed by atoms with Gasteiger partial charge in [0.15, 0.2) is 23.0 Å². The van der Waals surface area contributed by atoms with Crippen molar-refractivity contribution in [3.05, 3.63) is 65.0 Å². The van der Waals surface area contributed by atoms with Crippen molar-refractivity contribution < 1.29 is 31.5 Å². The van der Waals surface area contributed by atoms with Crippen LogP contribution in [0.5, 0.6) is 5.75 Å². The largest absolute Gasteiger partial charge is 0.494 e. The van der Waals surface area contributed by atoms with Crippen LogP contribution in [0.4, 0.5) is 22.0 Å². The SMILES string of the molecule is COc1ccc(-n2c(-c3ccc(C#N)c(F)c3)nc(C(=O)N3CCCC3)c2C(F)(F)F)cc1F. The topological polar surface area (TPSA) is 71.1 Å². The lowest BCUT2D eigenvalue weighted by Gasteiger charge is -2.18. The third-order valence-corrected chi connectivity index (χ3v) is 5.48. The number of carbonyl (C=O) groups is 1. The normalized spacial score (nSPS) is 13.7. The van der Waals surface area contributed by atoms with E-state index in [1.165, 1.54) is 24.1 Å². The van der Waals surface area contributed by atoms with Crippen LogP contribution in [-0.4, -0.2) is 40.6 Å². The summed E-state index contributed by atoms with van der Waals surface area (Å²) in [6.07, 6.45) is -3.77. The van der Waals surface area contributed by atoms with Gasteiger partial charge in [0.05, 0.1) is 18.4 Å². The van der Waals surface area contributed by atoms with Crippen LogP contribution in [0.25, 0.3) is 17.1 Å². The van der Waals surface area contributed by atoms with E-state index in [0.29, 0.717) is 17.4 Å². The Hall–Kier alpha value is -3.94. The number of methoxy groups -OCH3 is 1. The zero-order chi connectivity index (χ0) is 24.6. The average molecular weight is 476 g/mol. The molecule has 1 aromatic heterocycles. The molecule has 11 heteroatoms. The lowest BCUT2D eigenvalue weighted by Crippen LogP contribution is -2.30. The molecule has 0 bridgehead atoms. The molecule has 176 valence electrons. The number of alkyl halides is 3. The van der Waals surface area contributed by atoms with Gasteiger partial charge in [-0.3, -0.25) is 9.36 Å². The highest BCUT2D eigenvalue weighted by Gasteiger charge is 2.44. The van der Waals surface area contributed by atoms with Crippen molar-refractivity contribution >= 4 is 5.91 Å². The highest BCUT2D eigenvalue weighted by atomic mass is 19.4. The van der Waals surface area contributed by atoms with Gasteiger partial charge < -0.3 is 9.64 Å². The third-order valence-electron chi connectivity index (χ3n) is 5.48. The number of benzene rings is 2. The van der Waals surface area contributed by atoms with Crippen molar-refractivity contribution in [2.75, 3.05) is 20.2 Å². The summed E-state index contributed by atoms with van der Waals surface area (Å²) >= 11 is 0. The van der Waals surface area contributed by atoms with Crippen LogP contribution in [0.3, 0.4) is 0 Å². The van der Waals surface area contributed by atoms with E-state index in [-0.39, 0.29) is 35.7 Å². The molecule has 0 radical (unpaired) electrons. The molecule has 1 amide bonds. The predicted octanol–water partition coefficient (Wildman–Crippen LogP) is 4.95. The van der Waals surface area contributed by atoms with E-state index in [2.05, 4.69) is 4.98 Å². The van der Waals surface area contributed by atoms with Crippen LogP contribution in [0.1, 0.15) is 34.6 Å². The van der Waals surface area contributed by atoms with Crippen LogP contribution in [0.2, 0.25) is 0 Å². The molecule has 0 saturated carbocycles. The first-order chi connectivity index (χ1) is 16.2. The molecular formula is C23H17F5N4O2. The number of aromatic nitrogens is 2. The highest BCUT2D eigenvalue weighted by molar-refractivity contribution is 5.95. The fourth-order valence-electron chi connectivity index (χ4n) is 3.89. The minimum absolute atomic E-state index is 0.126. The van der Waals surface area contributed by atoms with Crippen molar-refractivity contribution in [1.29, 1.82) is 5.26 Å². The quantitative estimate of drug-likeness (QED) is 0.500. The van der Waals surface area contributed by atoms with Crippen LogP contribution < -0.4 is 4.74 Å². The predicted molar refractivity (Wildman–Crippen MR) is 110 cm³/mol. The number of rotatable bonds is 4. The maximum absolute atomic E-state index is 14.5. The van der Waals surface area contributed by atoms with Crippen molar-refractivity contribution in [3.63, 3.8) is 0 Å². The maximum Gasteiger partial charge on any atom is 0.434 e. The monoisotopic (exact) mass is 476 g/mol. The minimum Gasteiger partial charge on any atom is -0.494 e. The molecule has 1 aliphatic heterocycles. The smallest absolute Gasteiger partial charge is 0.434 e. The molecule has 3 aromatic rings. The molecule has 34 heavy (non-hydrogen) atoms. The summed E-state index contributed by atoms with van der Waals surface area (Å²) in [5, 5.41) is 8.98. The van der Waals surface area contributed by atoms with Gasteiger partial charge in [0.25, 0.3) is 5.91 Å². The van der Waals surface area contributed by atoms with E-state index in [1.807, 2.05) is 0 Å². The molecule has 2 aromatic carbocycles. The Morgan fingerprint density at radius 1 is 1.09 bits per heavy atom. The van der Waals surface area contributed by atoms with Gasteiger partial charge in [0.1, 0.15) is 17.7 Å². The molecule has 1 fully saturated rings. The number of nitrogens with zero attached hydrogens (tertiary/aromatic N) is 4. The van der Waals surface area contributed by atoms with E-state index in [1.54, 1.807) is 6.07 Å². The fraction of sp³-hybridized carbons (Fsp3) is 0.261. The number of hydrogen-bond donors (Lipinski definition) is 0. The Morgan fingerprint density at radius 2 is 1.79 bits per heavy atom. The van der Waals surface area contributed by atoms with Crippen LogP contribution in [0, 0.1) is 23.0 Å². The Balaban J connectivity index is 2.03. The number of imidazole rings is 1. The second-order valence-electron chi connectivity index (χ2n) is 7.59. The maximum atomic E-state index is 14.5. The van der Waals surface area contributed by atoms with E-state index in [4.69, 9.17) is 10.00 Å². The third kappa shape index (κ3) is 4.07. The van der Waals surface area contributed by atoms with Gasteiger partial charge in [0.2, 0.25) is 0 Å². The average Bonchev–Trinajstić information content (AvgIpc) is 3.47. The first-order valence-corrected chi connectivity index (χ1v) is 10.2. The summed E-state index contributed by atoms with van der Waals surface area (Å²) < 4.78 is 77.3. The zero-order valence-electron chi connectivity index (χ0n) is 17.8. The summed E-state index contributed by atoms with van der Waals surface area (Å²) in [7, 11) is 1.20. The summed E-state index contributed by atoms with van der Waals surface area (Å²) in [6, 6.07) is 7.90. The van der Waals surface area contributed by atoms with Crippen LogP contribution >= 0.6 is 0 Å². The van der Waals surface area contributed by atoms with Gasteiger partial charge in [-0.2, -0.15) is 18.4 Å². The number of ether oxygens (including phenoxy) is 1. The number of likely N-dealkylation sites (tertiary alicyclic amines) is 1. The molecule has 0 spiro atoms. The highest BCUT2D eigenvalue weighted by Crippen LogP contribution is 2.39. The van der Waals surface area contributed by atoms with Crippen LogP contribution in [-0.2, 0) is 6.18 Å². The van der Waals surface area contributed by atoms with Gasteiger partial charge in [0, 0.05) is 24.7 Å².